The fraction of sp³-hybridized carbons (Fsp3) is 0.667. The molecular formula is C24H40N2O7. The summed E-state index contributed by atoms with van der Waals surface area (Å²) in [6.07, 6.45) is -0.261. The molecule has 1 aromatic rings. The molecule has 0 saturated carbocycles. The molecule has 1 rings (SSSR count). The molecule has 9 heteroatoms. The molecule has 9 nitrogen and oxygen atoms in total. The third-order valence-corrected chi connectivity index (χ3v) is 5.48. The topological polar surface area (TPSA) is 126 Å². The van der Waals surface area contributed by atoms with E-state index in [1.807, 2.05) is 18.2 Å². The number of rotatable bonds is 17. The van der Waals surface area contributed by atoms with Gasteiger partial charge in [-0.05, 0) is 49.3 Å². The number of nitrogens with one attached hydrogen (secondary N) is 2. The highest BCUT2D eigenvalue weighted by atomic mass is 16.5. The van der Waals surface area contributed by atoms with Crippen molar-refractivity contribution >= 4 is 11.9 Å². The number of aliphatic hydroxyl groups excluding tert-OH is 1. The summed E-state index contributed by atoms with van der Waals surface area (Å²) in [6.45, 7) is 6.97. The van der Waals surface area contributed by atoms with Crippen LogP contribution in [0.2, 0.25) is 0 Å². The molecular weight excluding hydrogens is 428 g/mol. The first kappa shape index (κ1) is 28.7. The Hall–Kier alpha value is -2.36. The van der Waals surface area contributed by atoms with Crippen molar-refractivity contribution in [2.75, 3.05) is 40.5 Å². The Balaban J connectivity index is 2.92. The summed E-state index contributed by atoms with van der Waals surface area (Å²) >= 11 is 0. The first-order valence-corrected chi connectivity index (χ1v) is 11.3. The van der Waals surface area contributed by atoms with E-state index in [2.05, 4.69) is 24.5 Å². The highest BCUT2D eigenvalue weighted by Crippen LogP contribution is 2.31. The highest BCUT2D eigenvalue weighted by molar-refractivity contribution is 5.77. The Morgan fingerprint density at radius 3 is 2.42 bits per heavy atom. The van der Waals surface area contributed by atoms with Crippen molar-refractivity contribution in [1.29, 1.82) is 0 Å². The molecule has 33 heavy (non-hydrogen) atoms. The maximum Gasteiger partial charge on any atom is 0.404 e. The SMILES string of the molecule is COCCCOc1cc(C[C@@H](C[C@H](NC(=O)O)[C@@H](O)CNCC(C)=O)C(C)C)ccc1OC. The van der Waals surface area contributed by atoms with E-state index in [4.69, 9.17) is 14.2 Å². The van der Waals surface area contributed by atoms with Gasteiger partial charge in [-0.3, -0.25) is 4.79 Å². The number of ketones is 1. The van der Waals surface area contributed by atoms with E-state index >= 15 is 0 Å². The summed E-state index contributed by atoms with van der Waals surface area (Å²) < 4.78 is 16.3. The van der Waals surface area contributed by atoms with E-state index < -0.39 is 18.2 Å². The Morgan fingerprint density at radius 2 is 1.85 bits per heavy atom. The molecule has 0 aliphatic carbocycles. The Kier molecular flexibility index (Phi) is 13.4. The zero-order valence-electron chi connectivity index (χ0n) is 20.4. The number of amides is 1. The number of aliphatic hydroxyl groups is 1. The van der Waals surface area contributed by atoms with Crippen molar-refractivity contribution in [1.82, 2.24) is 10.6 Å². The average Bonchev–Trinajstić information content (AvgIpc) is 2.75. The van der Waals surface area contributed by atoms with Crippen LogP contribution in [-0.2, 0) is 16.0 Å². The van der Waals surface area contributed by atoms with E-state index in [1.54, 1.807) is 14.2 Å². The molecule has 0 saturated heterocycles. The second-order valence-electron chi connectivity index (χ2n) is 8.58. The lowest BCUT2D eigenvalue weighted by Gasteiger charge is -2.30. The maximum atomic E-state index is 11.3. The highest BCUT2D eigenvalue weighted by Gasteiger charge is 2.27. The van der Waals surface area contributed by atoms with Gasteiger partial charge < -0.3 is 35.1 Å². The number of carbonyl (C=O) groups is 2. The van der Waals surface area contributed by atoms with Crippen LogP contribution in [0.25, 0.3) is 0 Å². The number of hydrogen-bond donors (Lipinski definition) is 4. The molecule has 0 heterocycles. The van der Waals surface area contributed by atoms with E-state index in [1.165, 1.54) is 6.92 Å². The summed E-state index contributed by atoms with van der Waals surface area (Å²) in [5.41, 5.74) is 1.04. The molecule has 0 fully saturated rings. The minimum absolute atomic E-state index is 0.0512. The minimum Gasteiger partial charge on any atom is -0.493 e. The fourth-order valence-corrected chi connectivity index (χ4v) is 3.58. The van der Waals surface area contributed by atoms with Crippen LogP contribution in [0.15, 0.2) is 18.2 Å². The molecule has 0 unspecified atom stereocenters. The molecule has 0 bridgehead atoms. The second-order valence-corrected chi connectivity index (χ2v) is 8.58. The number of hydrogen-bond acceptors (Lipinski definition) is 7. The summed E-state index contributed by atoms with van der Waals surface area (Å²) in [7, 11) is 3.24. The van der Waals surface area contributed by atoms with Gasteiger partial charge in [0.15, 0.2) is 11.5 Å². The fourth-order valence-electron chi connectivity index (χ4n) is 3.58. The van der Waals surface area contributed by atoms with Gasteiger partial charge in [0, 0.05) is 26.7 Å². The van der Waals surface area contributed by atoms with Gasteiger partial charge in [0.05, 0.1) is 32.4 Å². The number of carboxylic acid groups (broad SMARTS) is 1. The van der Waals surface area contributed by atoms with Crippen LogP contribution in [0.1, 0.15) is 39.2 Å². The van der Waals surface area contributed by atoms with Gasteiger partial charge in [0.1, 0.15) is 5.78 Å². The van der Waals surface area contributed by atoms with Crippen LogP contribution >= 0.6 is 0 Å². The van der Waals surface area contributed by atoms with Crippen molar-refractivity contribution in [3.05, 3.63) is 23.8 Å². The number of Topliss-reactive ketones (excluding diaryl/α,β-unsaturated/α-hetero) is 1. The van der Waals surface area contributed by atoms with Gasteiger partial charge in [-0.1, -0.05) is 19.9 Å². The van der Waals surface area contributed by atoms with E-state index in [0.29, 0.717) is 37.6 Å². The summed E-state index contributed by atoms with van der Waals surface area (Å²) in [6, 6.07) is 5.12. The third kappa shape index (κ3) is 11.4. The van der Waals surface area contributed by atoms with Crippen molar-refractivity contribution in [2.45, 2.75) is 52.2 Å². The third-order valence-electron chi connectivity index (χ3n) is 5.48. The van der Waals surface area contributed by atoms with Gasteiger partial charge in [0.2, 0.25) is 0 Å². The molecule has 0 aliphatic heterocycles. The Labute approximate surface area is 196 Å². The molecule has 3 atom stereocenters. The standard InChI is InChI=1S/C24H40N2O7/c1-16(2)19(13-20(26-24(29)30)21(28)15-25-14-17(3)27)11-18-7-8-22(32-5)23(12-18)33-10-6-9-31-4/h7-8,12,16,19-21,25-26,28H,6,9-11,13-15H2,1-5H3,(H,29,30)/t19-,20-,21-/m0/s1. The van der Waals surface area contributed by atoms with Gasteiger partial charge in [-0.15, -0.1) is 0 Å². The number of methoxy groups -OCH3 is 2. The summed E-state index contributed by atoms with van der Waals surface area (Å²) in [4.78, 5) is 22.5. The van der Waals surface area contributed by atoms with Gasteiger partial charge in [0.25, 0.3) is 0 Å². The van der Waals surface area contributed by atoms with E-state index in [-0.39, 0.29) is 30.7 Å². The van der Waals surface area contributed by atoms with Gasteiger partial charge in [-0.2, -0.15) is 0 Å². The van der Waals surface area contributed by atoms with Crippen LogP contribution in [0.5, 0.6) is 11.5 Å². The van der Waals surface area contributed by atoms with Crippen molar-refractivity contribution in [3.63, 3.8) is 0 Å². The zero-order chi connectivity index (χ0) is 24.8. The van der Waals surface area contributed by atoms with Crippen LogP contribution in [0.4, 0.5) is 4.79 Å². The number of benzene rings is 1. The molecule has 0 aliphatic rings. The normalized spacial score (nSPS) is 13.9. The smallest absolute Gasteiger partial charge is 0.404 e. The first-order chi connectivity index (χ1) is 15.7. The van der Waals surface area contributed by atoms with Crippen molar-refractivity contribution in [2.24, 2.45) is 11.8 Å². The zero-order valence-corrected chi connectivity index (χ0v) is 20.4. The van der Waals surface area contributed by atoms with E-state index in [0.717, 1.165) is 12.0 Å². The molecule has 4 N–H and O–H groups in total. The van der Waals surface area contributed by atoms with Crippen molar-refractivity contribution in [3.8, 4) is 11.5 Å². The monoisotopic (exact) mass is 468 g/mol. The second kappa shape index (κ2) is 15.5. The number of carbonyl (C=O) groups excluding carboxylic acids is 1. The van der Waals surface area contributed by atoms with Crippen LogP contribution in [0, 0.1) is 11.8 Å². The van der Waals surface area contributed by atoms with Gasteiger partial charge >= 0.3 is 6.09 Å². The summed E-state index contributed by atoms with van der Waals surface area (Å²) in [5.74, 6) is 1.59. The average molecular weight is 469 g/mol. The predicted molar refractivity (Wildman–Crippen MR) is 126 cm³/mol. The maximum absolute atomic E-state index is 11.3. The molecule has 1 aromatic carbocycles. The Morgan fingerprint density at radius 1 is 1.12 bits per heavy atom. The molecule has 0 spiro atoms. The largest absolute Gasteiger partial charge is 0.493 e. The van der Waals surface area contributed by atoms with E-state index in [9.17, 15) is 19.8 Å². The lowest BCUT2D eigenvalue weighted by Crippen LogP contribution is -2.49. The predicted octanol–water partition coefficient (Wildman–Crippen LogP) is 2.49. The van der Waals surface area contributed by atoms with Crippen LogP contribution in [0.3, 0.4) is 0 Å². The lowest BCUT2D eigenvalue weighted by atomic mass is 9.83. The van der Waals surface area contributed by atoms with Crippen LogP contribution in [-0.4, -0.2) is 74.8 Å². The van der Waals surface area contributed by atoms with Crippen LogP contribution < -0.4 is 20.1 Å². The quantitative estimate of drug-likeness (QED) is 0.257. The number of ether oxygens (including phenoxy) is 3. The molecule has 188 valence electrons. The summed E-state index contributed by atoms with van der Waals surface area (Å²) in [5, 5.41) is 25.2. The van der Waals surface area contributed by atoms with Crippen molar-refractivity contribution < 1.29 is 34.0 Å². The molecule has 1 amide bonds. The lowest BCUT2D eigenvalue weighted by molar-refractivity contribution is -0.116. The molecule has 0 aromatic heterocycles. The molecule has 0 radical (unpaired) electrons. The first-order valence-electron chi connectivity index (χ1n) is 11.3. The Bertz CT molecular complexity index is 727. The van der Waals surface area contributed by atoms with Gasteiger partial charge in [-0.25, -0.2) is 4.79 Å². The minimum atomic E-state index is -1.19.